The molecule has 3 rings (SSSR count). The second-order valence-corrected chi connectivity index (χ2v) is 7.71. The van der Waals surface area contributed by atoms with E-state index in [1.54, 1.807) is 0 Å². The second kappa shape index (κ2) is 8.85. The molecular weight excluding hydrogens is 348 g/mol. The van der Waals surface area contributed by atoms with Crippen LogP contribution in [0.1, 0.15) is 24.6 Å². The molecule has 1 amide bonds. The predicted molar refractivity (Wildman–Crippen MR) is 105 cm³/mol. The number of ether oxygens (including phenoxy) is 1. The molecule has 2 heterocycles. The summed E-state index contributed by atoms with van der Waals surface area (Å²) in [6.07, 6.45) is 2.64. The normalized spacial score (nSPS) is 14.9. The van der Waals surface area contributed by atoms with Gasteiger partial charge in [-0.05, 0) is 54.5 Å². The molecule has 1 fully saturated rings. The number of amides is 1. The predicted octanol–water partition coefficient (Wildman–Crippen LogP) is 3.71. The number of esters is 1. The maximum atomic E-state index is 11.9. The zero-order chi connectivity index (χ0) is 18.4. The Morgan fingerprint density at radius 3 is 2.58 bits per heavy atom. The number of hydrogen-bond acceptors (Lipinski definition) is 5. The lowest BCUT2D eigenvalue weighted by Gasteiger charge is -2.32. The van der Waals surface area contributed by atoms with E-state index in [9.17, 15) is 9.59 Å². The minimum absolute atomic E-state index is 0.202. The van der Waals surface area contributed by atoms with Gasteiger partial charge in [-0.1, -0.05) is 13.0 Å². The standard InChI is InChI=1S/C20H24N2O3S/c1-15-8-10-22(11-9-15)17-6-4-16(5-7-17)21-19(23)14-25-20(24)13-18-3-2-12-26-18/h2-7,12,15H,8-11,13-14H2,1H3,(H,21,23). The summed E-state index contributed by atoms with van der Waals surface area (Å²) in [5.41, 5.74) is 1.88. The molecule has 1 aromatic heterocycles. The van der Waals surface area contributed by atoms with E-state index in [1.165, 1.54) is 29.9 Å². The van der Waals surface area contributed by atoms with Gasteiger partial charge >= 0.3 is 5.97 Å². The molecule has 1 aliphatic heterocycles. The van der Waals surface area contributed by atoms with Crippen LogP contribution in [0, 0.1) is 5.92 Å². The molecule has 26 heavy (non-hydrogen) atoms. The van der Waals surface area contributed by atoms with Crippen molar-refractivity contribution in [3.8, 4) is 0 Å². The van der Waals surface area contributed by atoms with Gasteiger partial charge in [0.1, 0.15) is 0 Å². The number of anilines is 2. The fraction of sp³-hybridized carbons (Fsp3) is 0.400. The van der Waals surface area contributed by atoms with E-state index in [1.807, 2.05) is 41.8 Å². The molecule has 138 valence electrons. The number of carbonyl (C=O) groups is 2. The summed E-state index contributed by atoms with van der Waals surface area (Å²) < 4.78 is 5.03. The largest absolute Gasteiger partial charge is 0.455 e. The lowest BCUT2D eigenvalue weighted by atomic mass is 9.99. The highest BCUT2D eigenvalue weighted by Gasteiger charge is 2.16. The highest BCUT2D eigenvalue weighted by Crippen LogP contribution is 2.24. The minimum atomic E-state index is -0.391. The Labute approximate surface area is 158 Å². The Morgan fingerprint density at radius 1 is 1.19 bits per heavy atom. The van der Waals surface area contributed by atoms with E-state index < -0.39 is 5.97 Å². The number of carbonyl (C=O) groups excluding carboxylic acids is 2. The summed E-state index contributed by atoms with van der Waals surface area (Å²) in [5, 5.41) is 4.67. The molecule has 0 saturated carbocycles. The molecule has 6 heteroatoms. The van der Waals surface area contributed by atoms with Crippen molar-refractivity contribution in [2.45, 2.75) is 26.2 Å². The summed E-state index contributed by atoms with van der Waals surface area (Å²) in [6, 6.07) is 11.6. The molecular formula is C20H24N2O3S. The molecule has 0 spiro atoms. The van der Waals surface area contributed by atoms with Gasteiger partial charge in [0.15, 0.2) is 6.61 Å². The number of nitrogens with one attached hydrogen (secondary N) is 1. The van der Waals surface area contributed by atoms with Gasteiger partial charge in [-0.15, -0.1) is 11.3 Å². The third kappa shape index (κ3) is 5.33. The van der Waals surface area contributed by atoms with Crippen LogP contribution in [0.25, 0.3) is 0 Å². The van der Waals surface area contributed by atoms with Crippen LogP contribution in [-0.4, -0.2) is 31.6 Å². The van der Waals surface area contributed by atoms with Gasteiger partial charge in [-0.25, -0.2) is 0 Å². The third-order valence-electron chi connectivity index (χ3n) is 4.56. The Balaban J connectivity index is 1.43. The lowest BCUT2D eigenvalue weighted by Crippen LogP contribution is -2.32. The molecule has 2 aromatic rings. The molecule has 1 N–H and O–H groups in total. The van der Waals surface area contributed by atoms with Gasteiger partial charge in [0, 0.05) is 29.3 Å². The van der Waals surface area contributed by atoms with Gasteiger partial charge in [-0.3, -0.25) is 9.59 Å². The summed E-state index contributed by atoms with van der Waals surface area (Å²) in [5.74, 6) is 0.0775. The third-order valence-corrected chi connectivity index (χ3v) is 5.44. The molecule has 1 aromatic carbocycles. The fourth-order valence-corrected chi connectivity index (χ4v) is 3.66. The second-order valence-electron chi connectivity index (χ2n) is 6.68. The van der Waals surface area contributed by atoms with Crippen LogP contribution >= 0.6 is 11.3 Å². The van der Waals surface area contributed by atoms with E-state index in [0.717, 1.165) is 23.9 Å². The van der Waals surface area contributed by atoms with Crippen molar-refractivity contribution in [1.29, 1.82) is 0 Å². The van der Waals surface area contributed by atoms with E-state index in [-0.39, 0.29) is 18.9 Å². The SMILES string of the molecule is CC1CCN(c2ccc(NC(=O)COC(=O)Cc3cccs3)cc2)CC1. The summed E-state index contributed by atoms with van der Waals surface area (Å²) in [6.45, 7) is 4.18. The van der Waals surface area contributed by atoms with Crippen molar-refractivity contribution in [2.24, 2.45) is 5.92 Å². The van der Waals surface area contributed by atoms with Gasteiger partial charge in [0.25, 0.3) is 5.91 Å². The number of hydrogen-bond donors (Lipinski definition) is 1. The van der Waals surface area contributed by atoms with Crippen LogP contribution in [0.15, 0.2) is 41.8 Å². The van der Waals surface area contributed by atoms with E-state index in [0.29, 0.717) is 5.69 Å². The van der Waals surface area contributed by atoms with Crippen molar-refractivity contribution >= 4 is 34.6 Å². The molecule has 5 nitrogen and oxygen atoms in total. The first kappa shape index (κ1) is 18.5. The average molecular weight is 372 g/mol. The number of nitrogens with zero attached hydrogens (tertiary/aromatic N) is 1. The van der Waals surface area contributed by atoms with Crippen molar-refractivity contribution < 1.29 is 14.3 Å². The number of thiophene rings is 1. The minimum Gasteiger partial charge on any atom is -0.455 e. The molecule has 0 radical (unpaired) electrons. The zero-order valence-electron chi connectivity index (χ0n) is 14.9. The number of benzene rings is 1. The Bertz CT molecular complexity index is 720. The first-order chi connectivity index (χ1) is 12.6. The zero-order valence-corrected chi connectivity index (χ0v) is 15.8. The van der Waals surface area contributed by atoms with Crippen LogP contribution in [0.4, 0.5) is 11.4 Å². The van der Waals surface area contributed by atoms with Gasteiger partial charge < -0.3 is 15.0 Å². The van der Waals surface area contributed by atoms with Crippen molar-refractivity contribution in [3.05, 3.63) is 46.7 Å². The van der Waals surface area contributed by atoms with Crippen LogP contribution in [-0.2, 0) is 20.7 Å². The van der Waals surface area contributed by atoms with Crippen molar-refractivity contribution in [2.75, 3.05) is 29.9 Å². The summed E-state index contributed by atoms with van der Waals surface area (Å²) in [7, 11) is 0. The topological polar surface area (TPSA) is 58.6 Å². The first-order valence-electron chi connectivity index (χ1n) is 8.93. The average Bonchev–Trinajstić information content (AvgIpc) is 3.14. The molecule has 0 bridgehead atoms. The molecule has 0 unspecified atom stereocenters. The Kier molecular flexibility index (Phi) is 6.28. The van der Waals surface area contributed by atoms with Gasteiger partial charge in [0.2, 0.25) is 0 Å². The van der Waals surface area contributed by atoms with Crippen LogP contribution in [0.3, 0.4) is 0 Å². The highest BCUT2D eigenvalue weighted by atomic mass is 32.1. The summed E-state index contributed by atoms with van der Waals surface area (Å²) in [4.78, 5) is 27.0. The number of piperidine rings is 1. The fourth-order valence-electron chi connectivity index (χ4n) is 2.97. The maximum absolute atomic E-state index is 11.9. The van der Waals surface area contributed by atoms with Crippen molar-refractivity contribution in [3.63, 3.8) is 0 Å². The van der Waals surface area contributed by atoms with E-state index >= 15 is 0 Å². The Morgan fingerprint density at radius 2 is 1.92 bits per heavy atom. The Hall–Kier alpha value is -2.34. The summed E-state index contributed by atoms with van der Waals surface area (Å²) >= 11 is 1.50. The highest BCUT2D eigenvalue weighted by molar-refractivity contribution is 7.10. The first-order valence-corrected chi connectivity index (χ1v) is 9.81. The molecule has 0 atom stereocenters. The van der Waals surface area contributed by atoms with Crippen LogP contribution in [0.5, 0.6) is 0 Å². The molecule has 0 aliphatic carbocycles. The van der Waals surface area contributed by atoms with Crippen LogP contribution in [0.2, 0.25) is 0 Å². The number of rotatable bonds is 6. The van der Waals surface area contributed by atoms with Crippen LogP contribution < -0.4 is 10.2 Å². The smallest absolute Gasteiger partial charge is 0.311 e. The van der Waals surface area contributed by atoms with Gasteiger partial charge in [0.05, 0.1) is 6.42 Å². The van der Waals surface area contributed by atoms with E-state index in [2.05, 4.69) is 17.1 Å². The molecule has 1 saturated heterocycles. The maximum Gasteiger partial charge on any atom is 0.311 e. The van der Waals surface area contributed by atoms with Crippen molar-refractivity contribution in [1.82, 2.24) is 0 Å². The van der Waals surface area contributed by atoms with E-state index in [4.69, 9.17) is 4.74 Å². The van der Waals surface area contributed by atoms with Gasteiger partial charge in [-0.2, -0.15) is 0 Å². The molecule has 1 aliphatic rings. The quantitative estimate of drug-likeness (QED) is 0.786. The monoisotopic (exact) mass is 372 g/mol. The lowest BCUT2D eigenvalue weighted by molar-refractivity contribution is -0.146.